The van der Waals surface area contributed by atoms with E-state index in [9.17, 15) is 0 Å². The smallest absolute Gasteiger partial charge is 0.240 e. The van der Waals surface area contributed by atoms with Crippen molar-refractivity contribution in [1.29, 1.82) is 0 Å². The number of methoxy groups -OCH3 is 1. The molecule has 0 spiro atoms. The molecule has 0 aliphatic carbocycles. The lowest BCUT2D eigenvalue weighted by Gasteiger charge is -2.12. The summed E-state index contributed by atoms with van der Waals surface area (Å²) < 4.78 is 4.89. The second kappa shape index (κ2) is 2.98. The molecule has 5 heteroatoms. The number of ether oxygens (including phenoxy) is 1. The summed E-state index contributed by atoms with van der Waals surface area (Å²) in [4.78, 5) is 0. The Hall–Kier alpha value is -0.610. The Morgan fingerprint density at radius 2 is 2.40 bits per heavy atom. The second-order valence-electron chi connectivity index (χ2n) is 1.81. The molecule has 0 bridgehead atoms. The van der Waals surface area contributed by atoms with Crippen molar-refractivity contribution in [2.45, 2.75) is 6.92 Å². The zero-order valence-corrected chi connectivity index (χ0v) is 6.70. The standard InChI is InChI=1S/C5H10ClN3O/c1-3-9-4(6)5(10-2)7-8-9/h7-8H,3H2,1-2H3. The number of nitrogens with zero attached hydrogens (tertiary/aromatic N) is 1. The van der Waals surface area contributed by atoms with E-state index in [2.05, 4.69) is 11.0 Å². The van der Waals surface area contributed by atoms with Crippen molar-refractivity contribution < 1.29 is 4.74 Å². The molecule has 0 saturated carbocycles. The highest BCUT2D eigenvalue weighted by molar-refractivity contribution is 6.29. The normalized spacial score (nSPS) is 17.7. The SMILES string of the molecule is CCN1NNC(OC)=C1Cl. The molecule has 0 unspecified atom stereocenters. The molecular weight excluding hydrogens is 154 g/mol. The van der Waals surface area contributed by atoms with E-state index in [1.165, 1.54) is 0 Å². The van der Waals surface area contributed by atoms with Crippen molar-refractivity contribution in [3.63, 3.8) is 0 Å². The lowest BCUT2D eigenvalue weighted by molar-refractivity contribution is 0.237. The zero-order valence-electron chi connectivity index (χ0n) is 5.94. The predicted octanol–water partition coefficient (Wildman–Crippen LogP) is 0.343. The Balaban J connectivity index is 2.63. The summed E-state index contributed by atoms with van der Waals surface area (Å²) in [6.07, 6.45) is 0. The number of hydrogen-bond donors (Lipinski definition) is 2. The first-order chi connectivity index (χ1) is 4.79. The maximum absolute atomic E-state index is 5.80. The van der Waals surface area contributed by atoms with Gasteiger partial charge in [0.2, 0.25) is 5.88 Å². The molecule has 0 fully saturated rings. The third kappa shape index (κ3) is 1.12. The maximum Gasteiger partial charge on any atom is 0.240 e. The van der Waals surface area contributed by atoms with E-state index in [-0.39, 0.29) is 0 Å². The first-order valence-corrected chi connectivity index (χ1v) is 3.40. The average molecular weight is 164 g/mol. The van der Waals surface area contributed by atoms with Crippen molar-refractivity contribution in [3.05, 3.63) is 11.0 Å². The Labute approximate surface area is 64.7 Å². The van der Waals surface area contributed by atoms with E-state index in [0.29, 0.717) is 11.0 Å². The molecule has 58 valence electrons. The quantitative estimate of drug-likeness (QED) is 0.576. The van der Waals surface area contributed by atoms with Crippen LogP contribution < -0.4 is 11.0 Å². The Kier molecular flexibility index (Phi) is 2.24. The van der Waals surface area contributed by atoms with Crippen LogP contribution in [0.5, 0.6) is 0 Å². The van der Waals surface area contributed by atoms with Gasteiger partial charge in [0.25, 0.3) is 0 Å². The molecule has 0 aromatic heterocycles. The molecule has 1 aliphatic rings. The molecule has 1 aliphatic heterocycles. The van der Waals surface area contributed by atoms with E-state index in [1.807, 2.05) is 6.92 Å². The van der Waals surface area contributed by atoms with Crippen LogP contribution in [-0.4, -0.2) is 18.7 Å². The van der Waals surface area contributed by atoms with Crippen LogP contribution in [0.15, 0.2) is 11.0 Å². The number of nitrogens with one attached hydrogen (secondary N) is 2. The summed E-state index contributed by atoms with van der Waals surface area (Å²) in [5, 5.41) is 2.30. The molecule has 0 amide bonds. The summed E-state index contributed by atoms with van der Waals surface area (Å²) >= 11 is 5.80. The highest BCUT2D eigenvalue weighted by Crippen LogP contribution is 2.14. The number of halogens is 1. The fraction of sp³-hybridized carbons (Fsp3) is 0.600. The van der Waals surface area contributed by atoms with Crippen LogP contribution in [0.3, 0.4) is 0 Å². The molecule has 0 saturated heterocycles. The number of rotatable bonds is 2. The lowest BCUT2D eigenvalue weighted by Crippen LogP contribution is -2.37. The van der Waals surface area contributed by atoms with Gasteiger partial charge in [0, 0.05) is 6.54 Å². The van der Waals surface area contributed by atoms with E-state index in [4.69, 9.17) is 16.3 Å². The molecule has 0 atom stereocenters. The molecule has 0 radical (unpaired) electrons. The molecule has 0 aromatic carbocycles. The summed E-state index contributed by atoms with van der Waals surface area (Å²) in [7, 11) is 1.56. The van der Waals surface area contributed by atoms with Gasteiger partial charge in [-0.05, 0) is 6.92 Å². The second-order valence-corrected chi connectivity index (χ2v) is 2.16. The van der Waals surface area contributed by atoms with Crippen LogP contribution in [0.25, 0.3) is 0 Å². The van der Waals surface area contributed by atoms with Crippen LogP contribution in [0.1, 0.15) is 6.92 Å². The van der Waals surface area contributed by atoms with Gasteiger partial charge >= 0.3 is 0 Å². The third-order valence-corrected chi connectivity index (χ3v) is 1.62. The van der Waals surface area contributed by atoms with Crippen molar-refractivity contribution in [2.75, 3.05) is 13.7 Å². The van der Waals surface area contributed by atoms with E-state index >= 15 is 0 Å². The first-order valence-electron chi connectivity index (χ1n) is 3.02. The first kappa shape index (κ1) is 7.50. The summed E-state index contributed by atoms with van der Waals surface area (Å²) in [5.74, 6) is 0.559. The van der Waals surface area contributed by atoms with Crippen LogP contribution in [0, 0.1) is 0 Å². The van der Waals surface area contributed by atoms with Gasteiger partial charge in [-0.3, -0.25) is 10.4 Å². The monoisotopic (exact) mass is 163 g/mol. The molecule has 1 rings (SSSR count). The van der Waals surface area contributed by atoms with Crippen LogP contribution in [0.2, 0.25) is 0 Å². The molecule has 10 heavy (non-hydrogen) atoms. The average Bonchev–Trinajstić information content (AvgIpc) is 2.30. The van der Waals surface area contributed by atoms with Gasteiger partial charge in [-0.1, -0.05) is 11.6 Å². The van der Waals surface area contributed by atoms with Crippen molar-refractivity contribution in [1.82, 2.24) is 16.0 Å². The number of hydrazine groups is 2. The Morgan fingerprint density at radius 3 is 2.70 bits per heavy atom. The van der Waals surface area contributed by atoms with Gasteiger partial charge in [0.15, 0.2) is 5.16 Å². The minimum Gasteiger partial charge on any atom is -0.479 e. The fourth-order valence-electron chi connectivity index (χ4n) is 0.695. The molecule has 0 aromatic rings. The van der Waals surface area contributed by atoms with Crippen LogP contribution >= 0.6 is 11.6 Å². The maximum atomic E-state index is 5.80. The van der Waals surface area contributed by atoms with Crippen molar-refractivity contribution in [2.24, 2.45) is 0 Å². The van der Waals surface area contributed by atoms with Gasteiger partial charge in [-0.15, -0.1) is 5.53 Å². The summed E-state index contributed by atoms with van der Waals surface area (Å²) in [6.45, 7) is 2.77. The Morgan fingerprint density at radius 1 is 1.70 bits per heavy atom. The fourth-order valence-corrected chi connectivity index (χ4v) is 0.981. The van der Waals surface area contributed by atoms with E-state index in [0.717, 1.165) is 6.54 Å². The molecule has 4 nitrogen and oxygen atoms in total. The van der Waals surface area contributed by atoms with Crippen LogP contribution in [0.4, 0.5) is 0 Å². The number of hydrogen-bond acceptors (Lipinski definition) is 4. The summed E-state index contributed by atoms with van der Waals surface area (Å²) in [5.41, 5.74) is 5.57. The molecule has 2 N–H and O–H groups in total. The van der Waals surface area contributed by atoms with Gasteiger partial charge < -0.3 is 4.74 Å². The van der Waals surface area contributed by atoms with Gasteiger partial charge in [-0.25, -0.2) is 0 Å². The van der Waals surface area contributed by atoms with Crippen molar-refractivity contribution >= 4 is 11.6 Å². The topological polar surface area (TPSA) is 36.5 Å². The lowest BCUT2D eigenvalue weighted by atomic mass is 10.7. The minimum atomic E-state index is 0.559. The largest absolute Gasteiger partial charge is 0.479 e. The van der Waals surface area contributed by atoms with Crippen LogP contribution in [-0.2, 0) is 4.74 Å². The Bertz CT molecular complexity index is 159. The van der Waals surface area contributed by atoms with E-state index in [1.54, 1.807) is 12.1 Å². The predicted molar refractivity (Wildman–Crippen MR) is 38.5 cm³/mol. The zero-order chi connectivity index (χ0) is 7.56. The van der Waals surface area contributed by atoms with Gasteiger partial charge in [0.1, 0.15) is 0 Å². The highest BCUT2D eigenvalue weighted by Gasteiger charge is 2.18. The molecule has 1 heterocycles. The third-order valence-electron chi connectivity index (χ3n) is 1.25. The minimum absolute atomic E-state index is 0.559. The highest BCUT2D eigenvalue weighted by atomic mass is 35.5. The summed E-state index contributed by atoms with van der Waals surface area (Å²) in [6, 6.07) is 0. The molecular formula is C5H10ClN3O. The van der Waals surface area contributed by atoms with Gasteiger partial charge in [0.05, 0.1) is 7.11 Å². The van der Waals surface area contributed by atoms with Crippen molar-refractivity contribution in [3.8, 4) is 0 Å². The van der Waals surface area contributed by atoms with Gasteiger partial charge in [-0.2, -0.15) is 0 Å². The van der Waals surface area contributed by atoms with E-state index < -0.39 is 0 Å².